The molecule has 1 atom stereocenters. The number of carbonyl (C=O) groups excluding carboxylic acids is 1. The molecule has 26 heavy (non-hydrogen) atoms. The lowest BCUT2D eigenvalue weighted by molar-refractivity contribution is -0.150. The first-order valence-corrected chi connectivity index (χ1v) is 8.91. The van der Waals surface area contributed by atoms with Gasteiger partial charge in [0.25, 0.3) is 0 Å². The second-order valence-electron chi connectivity index (χ2n) is 5.92. The first-order chi connectivity index (χ1) is 12.4. The molecular weight excluding hydrogens is 354 g/mol. The standard InChI is InChI=1S/C18H21N3O4S/c1-11(2)14-10-26-17(21-14)5-4-12-6-13(9-19-8-12)20-16(22)7-15(25-3)18(23)24/h4-6,8-11,15H,7H2,1-3H3,(H,20,22)(H,23,24)/b5-4+/t15-/m0/s1. The molecule has 2 aromatic rings. The smallest absolute Gasteiger partial charge is 0.333 e. The highest BCUT2D eigenvalue weighted by atomic mass is 32.1. The molecule has 0 radical (unpaired) electrons. The summed E-state index contributed by atoms with van der Waals surface area (Å²) in [6.07, 6.45) is 5.47. The molecule has 0 saturated heterocycles. The van der Waals surface area contributed by atoms with Gasteiger partial charge < -0.3 is 15.2 Å². The number of pyridine rings is 1. The van der Waals surface area contributed by atoms with Crippen molar-refractivity contribution in [1.82, 2.24) is 9.97 Å². The Morgan fingerprint density at radius 3 is 2.73 bits per heavy atom. The van der Waals surface area contributed by atoms with Gasteiger partial charge in [0.2, 0.25) is 5.91 Å². The van der Waals surface area contributed by atoms with E-state index in [1.54, 1.807) is 23.6 Å². The van der Waals surface area contributed by atoms with Crippen LogP contribution < -0.4 is 5.32 Å². The van der Waals surface area contributed by atoms with E-state index in [1.807, 2.05) is 17.5 Å². The van der Waals surface area contributed by atoms with Crippen LogP contribution in [-0.4, -0.2) is 40.2 Å². The molecule has 0 aliphatic heterocycles. The van der Waals surface area contributed by atoms with Crippen LogP contribution >= 0.6 is 11.3 Å². The second-order valence-corrected chi connectivity index (χ2v) is 6.81. The van der Waals surface area contributed by atoms with Gasteiger partial charge in [0.05, 0.1) is 24.0 Å². The lowest BCUT2D eigenvalue weighted by atomic mass is 10.2. The van der Waals surface area contributed by atoms with Crippen LogP contribution in [-0.2, 0) is 14.3 Å². The van der Waals surface area contributed by atoms with Gasteiger partial charge in [-0.05, 0) is 23.6 Å². The number of rotatable bonds is 8. The Labute approximate surface area is 155 Å². The number of aromatic nitrogens is 2. The largest absolute Gasteiger partial charge is 0.479 e. The highest BCUT2D eigenvalue weighted by Gasteiger charge is 2.20. The zero-order valence-corrected chi connectivity index (χ0v) is 15.6. The van der Waals surface area contributed by atoms with E-state index >= 15 is 0 Å². The van der Waals surface area contributed by atoms with Gasteiger partial charge in [0.15, 0.2) is 6.10 Å². The summed E-state index contributed by atoms with van der Waals surface area (Å²) in [6.45, 7) is 4.19. The van der Waals surface area contributed by atoms with Gasteiger partial charge in [0.1, 0.15) is 5.01 Å². The van der Waals surface area contributed by atoms with Crippen LogP contribution in [0.25, 0.3) is 12.2 Å². The number of anilines is 1. The number of aliphatic carboxylic acids is 1. The van der Waals surface area contributed by atoms with Gasteiger partial charge in [0, 0.05) is 18.7 Å². The molecule has 0 aromatic carbocycles. The average molecular weight is 375 g/mol. The van der Waals surface area contributed by atoms with Crippen molar-refractivity contribution in [3.8, 4) is 0 Å². The highest BCUT2D eigenvalue weighted by molar-refractivity contribution is 7.10. The number of hydrogen-bond acceptors (Lipinski definition) is 6. The quantitative estimate of drug-likeness (QED) is 0.734. The normalized spacial score (nSPS) is 12.5. The van der Waals surface area contributed by atoms with Crippen molar-refractivity contribution in [2.24, 2.45) is 0 Å². The number of methoxy groups -OCH3 is 1. The van der Waals surface area contributed by atoms with E-state index in [9.17, 15) is 9.59 Å². The molecular formula is C18H21N3O4S. The third kappa shape index (κ3) is 5.75. The minimum absolute atomic E-state index is 0.275. The fraction of sp³-hybridized carbons (Fsp3) is 0.333. The number of carbonyl (C=O) groups is 2. The second kappa shape index (κ2) is 9.21. The predicted molar refractivity (Wildman–Crippen MR) is 101 cm³/mol. The number of amides is 1. The first kappa shape index (κ1) is 19.7. The maximum absolute atomic E-state index is 11.9. The zero-order valence-electron chi connectivity index (χ0n) is 14.8. The van der Waals surface area contributed by atoms with Crippen molar-refractivity contribution >= 4 is 41.1 Å². The summed E-state index contributed by atoms with van der Waals surface area (Å²) in [4.78, 5) is 31.5. The molecule has 0 aliphatic carbocycles. The summed E-state index contributed by atoms with van der Waals surface area (Å²) in [5.74, 6) is -1.25. The Balaban J connectivity index is 2.01. The Morgan fingerprint density at radius 1 is 1.35 bits per heavy atom. The van der Waals surface area contributed by atoms with Gasteiger partial charge >= 0.3 is 5.97 Å². The fourth-order valence-electron chi connectivity index (χ4n) is 2.08. The van der Waals surface area contributed by atoms with Crippen LogP contribution in [0.2, 0.25) is 0 Å². The Bertz CT molecular complexity index is 801. The SMILES string of the molecule is CO[C@@H](CC(=O)Nc1cncc(/C=C/c2nc(C(C)C)cs2)c1)C(=O)O. The van der Waals surface area contributed by atoms with E-state index in [0.29, 0.717) is 11.6 Å². The van der Waals surface area contributed by atoms with Crippen molar-refractivity contribution in [3.05, 3.63) is 40.1 Å². The van der Waals surface area contributed by atoms with Gasteiger partial charge in [-0.2, -0.15) is 0 Å². The highest BCUT2D eigenvalue weighted by Crippen LogP contribution is 2.20. The van der Waals surface area contributed by atoms with Gasteiger partial charge in [-0.15, -0.1) is 11.3 Å². The summed E-state index contributed by atoms with van der Waals surface area (Å²) < 4.78 is 4.76. The monoisotopic (exact) mass is 375 g/mol. The summed E-state index contributed by atoms with van der Waals surface area (Å²) in [7, 11) is 1.25. The van der Waals surface area contributed by atoms with E-state index in [-0.39, 0.29) is 6.42 Å². The third-order valence-corrected chi connectivity index (χ3v) is 4.35. The third-order valence-electron chi connectivity index (χ3n) is 3.52. The lowest BCUT2D eigenvalue weighted by Gasteiger charge is -2.10. The Hall–Kier alpha value is -2.58. The zero-order chi connectivity index (χ0) is 19.1. The summed E-state index contributed by atoms with van der Waals surface area (Å²) >= 11 is 1.57. The van der Waals surface area contributed by atoms with E-state index in [1.165, 1.54) is 13.3 Å². The van der Waals surface area contributed by atoms with E-state index in [4.69, 9.17) is 9.84 Å². The predicted octanol–water partition coefficient (Wildman–Crippen LogP) is 3.26. The Kier molecular flexibility index (Phi) is 6.99. The van der Waals surface area contributed by atoms with Crippen molar-refractivity contribution in [1.29, 1.82) is 0 Å². The van der Waals surface area contributed by atoms with Crippen molar-refractivity contribution in [2.75, 3.05) is 12.4 Å². The molecule has 0 aliphatic rings. The molecule has 8 heteroatoms. The molecule has 2 rings (SSSR count). The molecule has 0 fully saturated rings. The van der Waals surface area contributed by atoms with Gasteiger partial charge in [-0.3, -0.25) is 9.78 Å². The van der Waals surface area contributed by atoms with Crippen LogP contribution in [0.1, 0.15) is 42.5 Å². The number of nitrogens with zero attached hydrogens (tertiary/aromatic N) is 2. The summed E-state index contributed by atoms with van der Waals surface area (Å²) in [6, 6.07) is 1.75. The Morgan fingerprint density at radius 2 is 2.12 bits per heavy atom. The molecule has 1 amide bonds. The summed E-state index contributed by atoms with van der Waals surface area (Å²) in [5, 5.41) is 14.5. The number of carboxylic acids is 1. The average Bonchev–Trinajstić information content (AvgIpc) is 3.07. The minimum atomic E-state index is -1.18. The minimum Gasteiger partial charge on any atom is -0.479 e. The van der Waals surface area contributed by atoms with Crippen LogP contribution in [0.4, 0.5) is 5.69 Å². The number of hydrogen-bond donors (Lipinski definition) is 2. The number of ether oxygens (including phenoxy) is 1. The van der Waals surface area contributed by atoms with Crippen molar-refractivity contribution < 1.29 is 19.4 Å². The maximum atomic E-state index is 11.9. The molecule has 0 bridgehead atoms. The van der Waals surface area contributed by atoms with E-state index < -0.39 is 18.0 Å². The molecule has 0 saturated carbocycles. The van der Waals surface area contributed by atoms with Crippen molar-refractivity contribution in [2.45, 2.75) is 32.3 Å². The van der Waals surface area contributed by atoms with Crippen LogP contribution in [0.3, 0.4) is 0 Å². The maximum Gasteiger partial charge on any atom is 0.333 e. The molecule has 2 heterocycles. The molecule has 2 N–H and O–H groups in total. The summed E-state index contributed by atoms with van der Waals surface area (Å²) in [5.41, 5.74) is 2.34. The number of carboxylic acid groups (broad SMARTS) is 1. The van der Waals surface area contributed by atoms with E-state index in [2.05, 4.69) is 29.1 Å². The van der Waals surface area contributed by atoms with E-state index in [0.717, 1.165) is 16.3 Å². The lowest BCUT2D eigenvalue weighted by Crippen LogP contribution is -2.28. The van der Waals surface area contributed by atoms with Crippen LogP contribution in [0.5, 0.6) is 0 Å². The topological polar surface area (TPSA) is 101 Å². The van der Waals surface area contributed by atoms with Gasteiger partial charge in [-0.25, -0.2) is 9.78 Å². The number of nitrogens with one attached hydrogen (secondary N) is 1. The van der Waals surface area contributed by atoms with Crippen molar-refractivity contribution in [3.63, 3.8) is 0 Å². The van der Waals surface area contributed by atoms with Gasteiger partial charge in [-0.1, -0.05) is 19.9 Å². The molecule has 0 spiro atoms. The van der Waals surface area contributed by atoms with Crippen LogP contribution in [0, 0.1) is 0 Å². The first-order valence-electron chi connectivity index (χ1n) is 8.03. The molecule has 2 aromatic heterocycles. The van der Waals surface area contributed by atoms with Crippen LogP contribution in [0.15, 0.2) is 23.8 Å². The molecule has 0 unspecified atom stereocenters. The fourth-order valence-corrected chi connectivity index (χ4v) is 2.95. The number of thiazole rings is 1. The molecule has 7 nitrogen and oxygen atoms in total. The molecule has 138 valence electrons.